The van der Waals surface area contributed by atoms with Crippen molar-refractivity contribution in [3.8, 4) is 33.8 Å². The van der Waals surface area contributed by atoms with Gasteiger partial charge in [-0.2, -0.15) is 0 Å². The number of hydrogen-bond acceptors (Lipinski definition) is 4. The van der Waals surface area contributed by atoms with Gasteiger partial charge in [-0.25, -0.2) is 0 Å². The molecule has 0 aliphatic carbocycles. The van der Waals surface area contributed by atoms with E-state index in [9.17, 15) is 0 Å². The van der Waals surface area contributed by atoms with Crippen LogP contribution in [0, 0.1) is 0 Å². The molecule has 4 aromatic rings. The van der Waals surface area contributed by atoms with Gasteiger partial charge in [0.2, 0.25) is 0 Å². The fourth-order valence-electron chi connectivity index (χ4n) is 5.72. The molecule has 1 heterocycles. The van der Waals surface area contributed by atoms with Gasteiger partial charge in [0, 0.05) is 25.2 Å². The topological polar surface area (TPSA) is 24.9 Å². The Labute approximate surface area is 252 Å². The summed E-state index contributed by atoms with van der Waals surface area (Å²) in [5.74, 6) is 2.73. The van der Waals surface area contributed by atoms with E-state index in [-0.39, 0.29) is 12.2 Å². The van der Waals surface area contributed by atoms with Crippen LogP contribution in [0.4, 0.5) is 22.7 Å². The minimum Gasteiger partial charge on any atom is -0.490 e. The summed E-state index contributed by atoms with van der Waals surface area (Å²) in [5, 5.41) is 0. The first kappa shape index (κ1) is 29.6. The fraction of sp³-hybridized carbons (Fsp3) is 0.368. The first-order valence-corrected chi connectivity index (χ1v) is 15.3. The molecule has 0 saturated carbocycles. The van der Waals surface area contributed by atoms with E-state index in [1.54, 1.807) is 0 Å². The monoisotopic (exact) mass is 562 g/mol. The summed E-state index contributed by atoms with van der Waals surface area (Å²) in [6.45, 7) is 17.3. The molecule has 4 nitrogen and oxygen atoms in total. The molecule has 0 unspecified atom stereocenters. The van der Waals surface area contributed by atoms with Gasteiger partial charge in [0.15, 0.2) is 0 Å². The third-order valence-electron chi connectivity index (χ3n) is 8.08. The highest BCUT2D eigenvalue weighted by Gasteiger charge is 2.26. The Morgan fingerprint density at radius 1 is 0.452 bits per heavy atom. The van der Waals surface area contributed by atoms with Crippen molar-refractivity contribution in [1.29, 1.82) is 0 Å². The number of fused-ring (bicyclic) bond motifs is 2. The molecule has 0 spiro atoms. The second kappa shape index (κ2) is 11.8. The lowest BCUT2D eigenvalue weighted by molar-refractivity contribution is 0.243. The number of hydrogen-bond donors (Lipinski definition) is 0. The summed E-state index contributed by atoms with van der Waals surface area (Å²) in [7, 11) is 4.33. The molecule has 0 fully saturated rings. The van der Waals surface area contributed by atoms with Crippen LogP contribution in [0.3, 0.4) is 0 Å². The summed E-state index contributed by atoms with van der Waals surface area (Å²) in [6.07, 6.45) is 0.211. The molecule has 5 rings (SSSR count). The second-order valence-electron chi connectivity index (χ2n) is 12.7. The summed E-state index contributed by atoms with van der Waals surface area (Å²) < 4.78 is 12.5. The molecule has 0 atom stereocenters. The van der Waals surface area contributed by atoms with Crippen molar-refractivity contribution in [2.24, 2.45) is 0 Å². The van der Waals surface area contributed by atoms with Crippen LogP contribution in [-0.4, -0.2) is 26.3 Å². The Balaban J connectivity index is 1.58. The van der Waals surface area contributed by atoms with Crippen molar-refractivity contribution in [2.45, 2.75) is 79.4 Å². The molecule has 4 heteroatoms. The van der Waals surface area contributed by atoms with Crippen LogP contribution in [0.5, 0.6) is 11.5 Å². The summed E-state index contributed by atoms with van der Waals surface area (Å²) in [5.41, 5.74) is 11.9. The van der Waals surface area contributed by atoms with Gasteiger partial charge in [-0.05, 0) is 110 Å². The van der Waals surface area contributed by atoms with Gasteiger partial charge in [0.1, 0.15) is 11.5 Å². The average Bonchev–Trinajstić information content (AvgIpc) is 2.95. The normalized spacial score (nSPS) is 12.8. The largest absolute Gasteiger partial charge is 0.490 e. The zero-order chi connectivity index (χ0) is 30.3. The Morgan fingerprint density at radius 3 is 1.17 bits per heavy atom. The molecule has 42 heavy (non-hydrogen) atoms. The Bertz CT molecular complexity index is 1470. The SMILES string of the molecule is CC(C)Oc1ccc(C(C)C)cc1-c1ccc2c(c1)N(C)c1ccc(-c3cc(C(C)C)ccc3OC(C)C)cc1N2C. The van der Waals surface area contributed by atoms with Gasteiger partial charge in [0.25, 0.3) is 0 Å². The summed E-state index contributed by atoms with van der Waals surface area (Å²) in [6, 6.07) is 26.7. The van der Waals surface area contributed by atoms with Gasteiger partial charge in [-0.1, -0.05) is 52.0 Å². The van der Waals surface area contributed by atoms with Crippen molar-refractivity contribution in [2.75, 3.05) is 23.9 Å². The van der Waals surface area contributed by atoms with E-state index in [0.29, 0.717) is 11.8 Å². The van der Waals surface area contributed by atoms with Gasteiger partial charge >= 0.3 is 0 Å². The maximum Gasteiger partial charge on any atom is 0.127 e. The first-order chi connectivity index (χ1) is 19.9. The van der Waals surface area contributed by atoms with Crippen molar-refractivity contribution < 1.29 is 9.47 Å². The molecule has 0 saturated heterocycles. The zero-order valence-electron chi connectivity index (χ0n) is 26.9. The fourth-order valence-corrected chi connectivity index (χ4v) is 5.72. The Morgan fingerprint density at radius 2 is 0.833 bits per heavy atom. The van der Waals surface area contributed by atoms with E-state index < -0.39 is 0 Å². The predicted molar refractivity (Wildman–Crippen MR) is 180 cm³/mol. The second-order valence-corrected chi connectivity index (χ2v) is 12.7. The highest BCUT2D eigenvalue weighted by Crippen LogP contribution is 2.50. The van der Waals surface area contributed by atoms with Crippen LogP contribution in [-0.2, 0) is 0 Å². The average molecular weight is 563 g/mol. The zero-order valence-corrected chi connectivity index (χ0v) is 26.9. The molecule has 1 aliphatic heterocycles. The van der Waals surface area contributed by atoms with Crippen LogP contribution in [0.2, 0.25) is 0 Å². The molecule has 0 radical (unpaired) electrons. The van der Waals surface area contributed by atoms with Gasteiger partial charge < -0.3 is 19.3 Å². The molecule has 220 valence electrons. The van der Waals surface area contributed by atoms with E-state index in [1.807, 2.05) is 0 Å². The number of anilines is 4. The minimum atomic E-state index is 0.105. The summed E-state index contributed by atoms with van der Waals surface area (Å²) in [4.78, 5) is 4.62. The lowest BCUT2D eigenvalue weighted by Gasteiger charge is -2.37. The molecule has 4 aromatic carbocycles. The molecule has 0 N–H and O–H groups in total. The van der Waals surface area contributed by atoms with Gasteiger partial charge in [-0.3, -0.25) is 0 Å². The number of benzene rings is 4. The molecular formula is C38H46N2O2. The van der Waals surface area contributed by atoms with Crippen LogP contribution < -0.4 is 19.3 Å². The number of rotatable bonds is 8. The lowest BCUT2D eigenvalue weighted by atomic mass is 9.94. The van der Waals surface area contributed by atoms with Crippen molar-refractivity contribution >= 4 is 22.7 Å². The van der Waals surface area contributed by atoms with Crippen LogP contribution in [0.25, 0.3) is 22.3 Å². The van der Waals surface area contributed by atoms with Crippen LogP contribution >= 0.6 is 0 Å². The van der Waals surface area contributed by atoms with Crippen molar-refractivity contribution in [1.82, 2.24) is 0 Å². The molecule has 0 amide bonds. The van der Waals surface area contributed by atoms with E-state index in [2.05, 4.69) is 152 Å². The highest BCUT2D eigenvalue weighted by atomic mass is 16.5. The smallest absolute Gasteiger partial charge is 0.127 e. The number of ether oxygens (including phenoxy) is 2. The maximum absolute atomic E-state index is 6.26. The molecule has 0 bridgehead atoms. The van der Waals surface area contributed by atoms with Crippen molar-refractivity contribution in [3.63, 3.8) is 0 Å². The third-order valence-corrected chi connectivity index (χ3v) is 8.08. The third kappa shape index (κ3) is 5.72. The molecular weight excluding hydrogens is 516 g/mol. The summed E-state index contributed by atoms with van der Waals surface area (Å²) >= 11 is 0. The molecule has 0 aromatic heterocycles. The maximum atomic E-state index is 6.26. The Hall–Kier alpha value is -3.92. The van der Waals surface area contributed by atoms with E-state index in [1.165, 1.54) is 33.9 Å². The van der Waals surface area contributed by atoms with E-state index in [4.69, 9.17) is 9.47 Å². The van der Waals surface area contributed by atoms with Crippen molar-refractivity contribution in [3.05, 3.63) is 83.9 Å². The van der Waals surface area contributed by atoms with Gasteiger partial charge in [0.05, 0.1) is 35.0 Å². The highest BCUT2D eigenvalue weighted by molar-refractivity contribution is 5.96. The van der Waals surface area contributed by atoms with Crippen LogP contribution in [0.1, 0.15) is 78.4 Å². The van der Waals surface area contributed by atoms with E-state index in [0.717, 1.165) is 33.8 Å². The lowest BCUT2D eigenvalue weighted by Crippen LogP contribution is -2.24. The van der Waals surface area contributed by atoms with Gasteiger partial charge in [-0.15, -0.1) is 0 Å². The quantitative estimate of drug-likeness (QED) is 0.213. The predicted octanol–water partition coefficient (Wildman–Crippen LogP) is 10.7. The number of nitrogens with zero attached hydrogens (tertiary/aromatic N) is 2. The van der Waals surface area contributed by atoms with E-state index >= 15 is 0 Å². The molecule has 1 aliphatic rings. The standard InChI is InChI=1S/C38H46N2O2/c1-23(2)27-13-17-37(41-25(5)6)31(19-27)29-11-15-33-35(21-29)39(9)34-16-12-30(22-36(34)40(33)10)32-20-28(24(3)4)14-18-38(32)42-26(7)8/h11-26H,1-10H3. The van der Waals surface area contributed by atoms with Crippen LogP contribution in [0.15, 0.2) is 72.8 Å². The Kier molecular flexibility index (Phi) is 8.28. The first-order valence-electron chi connectivity index (χ1n) is 15.3. The minimum absolute atomic E-state index is 0.105.